The predicted molar refractivity (Wildman–Crippen MR) is 105 cm³/mol. The summed E-state index contributed by atoms with van der Waals surface area (Å²) in [5, 5.41) is 6.66. The van der Waals surface area contributed by atoms with Gasteiger partial charge in [-0.3, -0.25) is 0 Å². The predicted octanol–water partition coefficient (Wildman–Crippen LogP) is 3.80. The molecular weight excluding hydrogens is 389 g/mol. The topological polar surface area (TPSA) is 45.7 Å². The molecule has 0 atom stereocenters. The van der Waals surface area contributed by atoms with Crippen LogP contribution in [0, 0.1) is 5.92 Å². The van der Waals surface area contributed by atoms with Crippen LogP contribution in [-0.2, 0) is 6.54 Å². The maximum atomic E-state index is 5.35. The summed E-state index contributed by atoms with van der Waals surface area (Å²) < 4.78 is 5.35. The minimum atomic E-state index is 0. The van der Waals surface area contributed by atoms with E-state index >= 15 is 0 Å². The molecule has 0 aliphatic heterocycles. The van der Waals surface area contributed by atoms with Gasteiger partial charge in [0.2, 0.25) is 0 Å². The Kier molecular flexibility index (Phi) is 12.0. The van der Waals surface area contributed by atoms with Crippen molar-refractivity contribution in [1.29, 1.82) is 0 Å². The number of methoxy groups -OCH3 is 1. The SMILES string of the molecule is CCNC(=NCc1ccccc1OC)NCCCC(C)C.I. The van der Waals surface area contributed by atoms with E-state index < -0.39 is 0 Å². The third-order valence-corrected chi connectivity index (χ3v) is 3.19. The van der Waals surface area contributed by atoms with Gasteiger partial charge in [0.1, 0.15) is 5.75 Å². The second kappa shape index (κ2) is 12.6. The van der Waals surface area contributed by atoms with Crippen molar-refractivity contribution in [3.63, 3.8) is 0 Å². The molecule has 0 aliphatic rings. The molecule has 0 bridgehead atoms. The van der Waals surface area contributed by atoms with Crippen LogP contribution in [0.2, 0.25) is 0 Å². The number of ether oxygens (including phenoxy) is 1. The largest absolute Gasteiger partial charge is 0.496 e. The quantitative estimate of drug-likeness (QED) is 0.292. The zero-order chi connectivity index (χ0) is 15.5. The first-order chi connectivity index (χ1) is 10.2. The van der Waals surface area contributed by atoms with Crippen LogP contribution in [0.4, 0.5) is 0 Å². The minimum Gasteiger partial charge on any atom is -0.496 e. The van der Waals surface area contributed by atoms with Crippen LogP contribution in [0.1, 0.15) is 39.2 Å². The summed E-state index contributed by atoms with van der Waals surface area (Å²) in [7, 11) is 1.69. The number of aliphatic imine (C=N–C) groups is 1. The lowest BCUT2D eigenvalue weighted by Gasteiger charge is -2.12. The third-order valence-electron chi connectivity index (χ3n) is 3.19. The lowest BCUT2D eigenvalue weighted by Crippen LogP contribution is -2.37. The highest BCUT2D eigenvalue weighted by Gasteiger charge is 2.02. The number of benzene rings is 1. The molecule has 0 radical (unpaired) electrons. The highest BCUT2D eigenvalue weighted by atomic mass is 127. The summed E-state index contributed by atoms with van der Waals surface area (Å²) in [6.45, 7) is 9.01. The van der Waals surface area contributed by atoms with Gasteiger partial charge in [0, 0.05) is 18.7 Å². The molecule has 0 spiro atoms. The fourth-order valence-electron chi connectivity index (χ4n) is 2.06. The standard InChI is InChI=1S/C17H29N3O.HI/c1-5-18-17(19-12-8-9-14(2)3)20-13-15-10-6-7-11-16(15)21-4;/h6-7,10-11,14H,5,8-9,12-13H2,1-4H3,(H2,18,19,20);1H. The van der Waals surface area contributed by atoms with Crippen LogP contribution in [-0.4, -0.2) is 26.2 Å². The first kappa shape index (κ1) is 21.0. The van der Waals surface area contributed by atoms with Gasteiger partial charge in [-0.2, -0.15) is 0 Å². The number of hydrogen-bond donors (Lipinski definition) is 2. The van der Waals surface area contributed by atoms with E-state index in [4.69, 9.17) is 4.74 Å². The number of para-hydroxylation sites is 1. The smallest absolute Gasteiger partial charge is 0.191 e. The molecule has 0 unspecified atom stereocenters. The molecule has 0 saturated heterocycles. The average molecular weight is 419 g/mol. The molecule has 1 aromatic carbocycles. The Morgan fingerprint density at radius 1 is 1.23 bits per heavy atom. The summed E-state index contributed by atoms with van der Waals surface area (Å²) in [5.74, 6) is 2.50. The van der Waals surface area contributed by atoms with Crippen LogP contribution in [0.15, 0.2) is 29.3 Å². The summed E-state index contributed by atoms with van der Waals surface area (Å²) in [6.07, 6.45) is 2.40. The van der Waals surface area contributed by atoms with E-state index in [2.05, 4.69) is 36.4 Å². The van der Waals surface area contributed by atoms with Gasteiger partial charge < -0.3 is 15.4 Å². The van der Waals surface area contributed by atoms with E-state index in [9.17, 15) is 0 Å². The molecule has 0 heterocycles. The van der Waals surface area contributed by atoms with Gasteiger partial charge in [0.15, 0.2) is 5.96 Å². The van der Waals surface area contributed by atoms with Crippen molar-refractivity contribution in [2.45, 2.75) is 40.2 Å². The highest BCUT2D eigenvalue weighted by molar-refractivity contribution is 14.0. The Morgan fingerprint density at radius 2 is 1.95 bits per heavy atom. The van der Waals surface area contributed by atoms with Crippen LogP contribution in [0.25, 0.3) is 0 Å². The lowest BCUT2D eigenvalue weighted by molar-refractivity contribution is 0.410. The van der Waals surface area contributed by atoms with Gasteiger partial charge in [-0.05, 0) is 31.7 Å². The molecule has 0 saturated carbocycles. The maximum Gasteiger partial charge on any atom is 0.191 e. The van der Waals surface area contributed by atoms with Crippen molar-refractivity contribution in [3.05, 3.63) is 29.8 Å². The number of halogens is 1. The van der Waals surface area contributed by atoms with Crippen molar-refractivity contribution < 1.29 is 4.74 Å². The second-order valence-electron chi connectivity index (χ2n) is 5.47. The number of nitrogens with zero attached hydrogens (tertiary/aromatic N) is 1. The van der Waals surface area contributed by atoms with Gasteiger partial charge in [0.05, 0.1) is 13.7 Å². The summed E-state index contributed by atoms with van der Waals surface area (Å²) >= 11 is 0. The van der Waals surface area contributed by atoms with Crippen molar-refractivity contribution in [3.8, 4) is 5.75 Å². The van der Waals surface area contributed by atoms with Crippen LogP contribution >= 0.6 is 24.0 Å². The van der Waals surface area contributed by atoms with E-state index in [1.54, 1.807) is 7.11 Å². The number of guanidine groups is 1. The van der Waals surface area contributed by atoms with Crippen molar-refractivity contribution in [1.82, 2.24) is 10.6 Å². The molecule has 5 heteroatoms. The van der Waals surface area contributed by atoms with Crippen molar-refractivity contribution in [2.75, 3.05) is 20.2 Å². The van der Waals surface area contributed by atoms with Gasteiger partial charge in [-0.1, -0.05) is 32.0 Å². The monoisotopic (exact) mass is 419 g/mol. The van der Waals surface area contributed by atoms with Crippen LogP contribution in [0.3, 0.4) is 0 Å². The molecule has 2 N–H and O–H groups in total. The van der Waals surface area contributed by atoms with Gasteiger partial charge in [0.25, 0.3) is 0 Å². The molecule has 126 valence electrons. The molecule has 0 amide bonds. The van der Waals surface area contributed by atoms with Gasteiger partial charge in [-0.15, -0.1) is 24.0 Å². The van der Waals surface area contributed by atoms with Crippen molar-refractivity contribution in [2.24, 2.45) is 10.9 Å². The van der Waals surface area contributed by atoms with Crippen molar-refractivity contribution >= 4 is 29.9 Å². The molecule has 0 fully saturated rings. The zero-order valence-corrected chi connectivity index (χ0v) is 16.5. The number of nitrogens with one attached hydrogen (secondary N) is 2. The summed E-state index contributed by atoms with van der Waals surface area (Å²) in [5.41, 5.74) is 1.10. The zero-order valence-electron chi connectivity index (χ0n) is 14.2. The van der Waals surface area contributed by atoms with E-state index in [1.807, 2.05) is 24.3 Å². The second-order valence-corrected chi connectivity index (χ2v) is 5.47. The number of hydrogen-bond acceptors (Lipinski definition) is 2. The van der Waals surface area contributed by atoms with E-state index in [0.717, 1.165) is 42.7 Å². The lowest BCUT2D eigenvalue weighted by atomic mass is 10.1. The molecule has 4 nitrogen and oxygen atoms in total. The van der Waals surface area contributed by atoms with Gasteiger partial charge >= 0.3 is 0 Å². The third kappa shape index (κ3) is 8.46. The first-order valence-corrected chi connectivity index (χ1v) is 7.81. The Labute approximate surface area is 152 Å². The van der Waals surface area contributed by atoms with E-state index in [1.165, 1.54) is 6.42 Å². The highest BCUT2D eigenvalue weighted by Crippen LogP contribution is 2.17. The molecule has 22 heavy (non-hydrogen) atoms. The van der Waals surface area contributed by atoms with E-state index in [-0.39, 0.29) is 24.0 Å². The Balaban J connectivity index is 0.00000441. The average Bonchev–Trinajstić information content (AvgIpc) is 2.49. The Bertz CT molecular complexity index is 436. The van der Waals surface area contributed by atoms with Crippen LogP contribution in [0.5, 0.6) is 5.75 Å². The van der Waals surface area contributed by atoms with Gasteiger partial charge in [-0.25, -0.2) is 4.99 Å². The number of rotatable bonds is 8. The molecule has 0 aliphatic carbocycles. The Morgan fingerprint density at radius 3 is 2.59 bits per heavy atom. The fourth-order valence-corrected chi connectivity index (χ4v) is 2.06. The normalized spacial score (nSPS) is 11.0. The fraction of sp³-hybridized carbons (Fsp3) is 0.588. The minimum absolute atomic E-state index is 0. The summed E-state index contributed by atoms with van der Waals surface area (Å²) in [4.78, 5) is 4.62. The molecule has 0 aromatic heterocycles. The summed E-state index contributed by atoms with van der Waals surface area (Å²) in [6, 6.07) is 8.00. The first-order valence-electron chi connectivity index (χ1n) is 7.81. The van der Waals surface area contributed by atoms with Crippen LogP contribution < -0.4 is 15.4 Å². The maximum absolute atomic E-state index is 5.35. The Hall–Kier alpha value is -0.980. The van der Waals surface area contributed by atoms with E-state index in [0.29, 0.717) is 6.54 Å². The molecular formula is C17H30IN3O. The molecule has 1 rings (SSSR count). The molecule has 1 aromatic rings.